The Morgan fingerprint density at radius 2 is 1.94 bits per heavy atom. The van der Waals surface area contributed by atoms with Gasteiger partial charge >= 0.3 is 0 Å². The average molecular weight is 248 g/mol. The van der Waals surface area contributed by atoms with Gasteiger partial charge in [0.1, 0.15) is 0 Å². The molecule has 0 aromatic carbocycles. The molecule has 94 valence electrons. The maximum atomic E-state index is 12.6. The number of hydrogen-bond donors (Lipinski definition) is 2. The number of nitrogens with one attached hydrogen (secondary N) is 1. The molecule has 0 unspecified atom stereocenters. The van der Waals surface area contributed by atoms with Gasteiger partial charge in [-0.05, 0) is 12.1 Å². The molecule has 2 aromatic heterocycles. The number of nitrogens with zero attached hydrogens (tertiary/aromatic N) is 3. The molecule has 0 saturated carbocycles. The van der Waals surface area contributed by atoms with E-state index in [0.717, 1.165) is 18.1 Å². The zero-order valence-corrected chi connectivity index (χ0v) is 9.84. The number of halogens is 1. The lowest BCUT2D eigenvalue weighted by atomic mass is 10.1. The van der Waals surface area contributed by atoms with E-state index in [2.05, 4.69) is 20.3 Å². The number of aliphatic hydroxyl groups is 1. The first-order valence-corrected chi connectivity index (χ1v) is 5.50. The van der Waals surface area contributed by atoms with Crippen molar-refractivity contribution in [1.29, 1.82) is 0 Å². The van der Waals surface area contributed by atoms with E-state index in [0.29, 0.717) is 11.6 Å². The van der Waals surface area contributed by atoms with Crippen LogP contribution >= 0.6 is 0 Å². The minimum Gasteiger partial charge on any atom is -0.396 e. The highest BCUT2D eigenvalue weighted by Gasteiger charge is 2.05. The Kier molecular flexibility index (Phi) is 3.78. The molecule has 0 fully saturated rings. The molecule has 0 bridgehead atoms. The van der Waals surface area contributed by atoms with Crippen LogP contribution in [0.5, 0.6) is 0 Å². The van der Waals surface area contributed by atoms with Crippen molar-refractivity contribution in [1.82, 2.24) is 15.0 Å². The summed E-state index contributed by atoms with van der Waals surface area (Å²) in [4.78, 5) is 11.8. The Morgan fingerprint density at radius 1 is 1.22 bits per heavy atom. The Hall–Kier alpha value is -2.08. The number of anilines is 2. The number of aliphatic hydroxyl groups excluding tert-OH is 1. The van der Waals surface area contributed by atoms with E-state index < -0.39 is 5.82 Å². The van der Waals surface area contributed by atoms with Gasteiger partial charge in [-0.1, -0.05) is 6.92 Å². The molecule has 1 atom stereocenters. The quantitative estimate of drug-likeness (QED) is 0.864. The maximum absolute atomic E-state index is 12.6. The number of pyridine rings is 1. The summed E-state index contributed by atoms with van der Waals surface area (Å²) in [5.74, 6) is -0.173. The van der Waals surface area contributed by atoms with Crippen LogP contribution in [0.25, 0.3) is 0 Å². The minimum atomic E-state index is -0.481. The van der Waals surface area contributed by atoms with Gasteiger partial charge < -0.3 is 10.4 Å². The topological polar surface area (TPSA) is 70.9 Å². The second-order valence-electron chi connectivity index (χ2n) is 3.91. The molecule has 5 nitrogen and oxygen atoms in total. The molecule has 0 radical (unpaired) electrons. The smallest absolute Gasteiger partial charge is 0.227 e. The molecule has 0 aliphatic rings. The number of rotatable bonds is 4. The van der Waals surface area contributed by atoms with Crippen molar-refractivity contribution in [2.75, 3.05) is 11.9 Å². The van der Waals surface area contributed by atoms with E-state index in [4.69, 9.17) is 5.11 Å². The second kappa shape index (κ2) is 5.50. The van der Waals surface area contributed by atoms with Crippen LogP contribution in [0.2, 0.25) is 0 Å². The summed E-state index contributed by atoms with van der Waals surface area (Å²) < 4.78 is 12.6. The molecule has 0 spiro atoms. The molecule has 2 N–H and O–H groups in total. The highest BCUT2D eigenvalue weighted by molar-refractivity contribution is 5.51. The van der Waals surface area contributed by atoms with Crippen LogP contribution in [-0.2, 0) is 0 Å². The van der Waals surface area contributed by atoms with Crippen LogP contribution in [-0.4, -0.2) is 26.7 Å². The predicted molar refractivity (Wildman–Crippen MR) is 65.0 cm³/mol. The molecule has 6 heteroatoms. The van der Waals surface area contributed by atoms with Gasteiger partial charge in [0, 0.05) is 11.6 Å². The minimum absolute atomic E-state index is 0.00104. The molecular formula is C12H13FN4O. The summed E-state index contributed by atoms with van der Waals surface area (Å²) in [6.45, 7) is 1.94. The van der Waals surface area contributed by atoms with E-state index >= 15 is 0 Å². The lowest BCUT2D eigenvalue weighted by molar-refractivity contribution is 0.271. The second-order valence-corrected chi connectivity index (χ2v) is 3.91. The predicted octanol–water partition coefficient (Wildman–Crippen LogP) is 1.85. The van der Waals surface area contributed by atoms with Gasteiger partial charge in [0.05, 0.1) is 30.9 Å². The van der Waals surface area contributed by atoms with Gasteiger partial charge in [-0.3, -0.25) is 4.98 Å². The highest BCUT2D eigenvalue weighted by atomic mass is 19.1. The lowest BCUT2D eigenvalue weighted by Crippen LogP contribution is -2.02. The Labute approximate surface area is 104 Å². The van der Waals surface area contributed by atoms with Crippen molar-refractivity contribution in [3.05, 3.63) is 42.2 Å². The molecule has 0 aliphatic heterocycles. The summed E-state index contributed by atoms with van der Waals surface area (Å²) in [5.41, 5.74) is 1.51. The zero-order chi connectivity index (χ0) is 13.0. The summed E-state index contributed by atoms with van der Waals surface area (Å²) >= 11 is 0. The van der Waals surface area contributed by atoms with Gasteiger partial charge in [0.2, 0.25) is 5.95 Å². The summed E-state index contributed by atoms with van der Waals surface area (Å²) in [6, 6.07) is 3.62. The first-order chi connectivity index (χ1) is 8.69. The molecule has 2 rings (SSSR count). The Bertz CT molecular complexity index is 500. The van der Waals surface area contributed by atoms with Gasteiger partial charge in [-0.25, -0.2) is 14.4 Å². The first kappa shape index (κ1) is 12.4. The SMILES string of the molecule is C[C@H](CO)c1ccc(Nc2ncc(F)cn2)cn1. The monoisotopic (exact) mass is 248 g/mol. The molecule has 2 heterocycles. The number of hydrogen-bond acceptors (Lipinski definition) is 5. The van der Waals surface area contributed by atoms with Crippen molar-refractivity contribution in [3.8, 4) is 0 Å². The van der Waals surface area contributed by atoms with Crippen molar-refractivity contribution in [3.63, 3.8) is 0 Å². The standard InChI is InChI=1S/C12H13FN4O/c1-8(7-18)11-3-2-10(6-14-11)17-12-15-4-9(13)5-16-12/h2-6,8,18H,7H2,1H3,(H,15,16,17)/t8-/m1/s1. The summed E-state index contributed by atoms with van der Waals surface area (Å²) in [6.07, 6.45) is 3.80. The van der Waals surface area contributed by atoms with Crippen LogP contribution in [0.1, 0.15) is 18.5 Å². The first-order valence-electron chi connectivity index (χ1n) is 5.50. The van der Waals surface area contributed by atoms with Crippen LogP contribution in [0.15, 0.2) is 30.7 Å². The normalized spacial score (nSPS) is 12.2. The van der Waals surface area contributed by atoms with Gasteiger partial charge in [-0.15, -0.1) is 0 Å². The molecule has 0 saturated heterocycles. The van der Waals surface area contributed by atoms with Crippen LogP contribution < -0.4 is 5.32 Å². The molecular weight excluding hydrogens is 235 g/mol. The number of aromatic nitrogens is 3. The Morgan fingerprint density at radius 3 is 2.50 bits per heavy atom. The molecule has 18 heavy (non-hydrogen) atoms. The third kappa shape index (κ3) is 2.98. The summed E-state index contributed by atoms with van der Waals surface area (Å²) in [7, 11) is 0. The van der Waals surface area contributed by atoms with Crippen molar-refractivity contribution in [2.45, 2.75) is 12.8 Å². The molecule has 0 aliphatic carbocycles. The van der Waals surface area contributed by atoms with Gasteiger partial charge in [0.25, 0.3) is 0 Å². The van der Waals surface area contributed by atoms with Crippen LogP contribution in [0, 0.1) is 5.82 Å². The summed E-state index contributed by atoms with van der Waals surface area (Å²) in [5, 5.41) is 11.9. The van der Waals surface area contributed by atoms with E-state index in [1.807, 2.05) is 13.0 Å². The van der Waals surface area contributed by atoms with E-state index in [1.54, 1.807) is 12.3 Å². The van der Waals surface area contributed by atoms with Crippen molar-refractivity contribution < 1.29 is 9.50 Å². The average Bonchev–Trinajstić information content (AvgIpc) is 2.41. The molecule has 0 amide bonds. The fourth-order valence-electron chi connectivity index (χ4n) is 1.37. The third-order valence-corrected chi connectivity index (χ3v) is 2.44. The van der Waals surface area contributed by atoms with Crippen LogP contribution in [0.4, 0.5) is 16.0 Å². The zero-order valence-electron chi connectivity index (χ0n) is 9.84. The molecule has 2 aromatic rings. The largest absolute Gasteiger partial charge is 0.396 e. The van der Waals surface area contributed by atoms with Gasteiger partial charge in [-0.2, -0.15) is 0 Å². The fraction of sp³-hybridized carbons (Fsp3) is 0.250. The van der Waals surface area contributed by atoms with E-state index in [-0.39, 0.29) is 12.5 Å². The van der Waals surface area contributed by atoms with Gasteiger partial charge in [0.15, 0.2) is 5.82 Å². The fourth-order valence-corrected chi connectivity index (χ4v) is 1.37. The van der Waals surface area contributed by atoms with Crippen molar-refractivity contribution in [2.24, 2.45) is 0 Å². The third-order valence-electron chi connectivity index (χ3n) is 2.44. The van der Waals surface area contributed by atoms with Crippen LogP contribution in [0.3, 0.4) is 0 Å². The maximum Gasteiger partial charge on any atom is 0.227 e. The van der Waals surface area contributed by atoms with E-state index in [9.17, 15) is 4.39 Å². The van der Waals surface area contributed by atoms with Crippen molar-refractivity contribution >= 4 is 11.6 Å². The highest BCUT2D eigenvalue weighted by Crippen LogP contribution is 2.16. The Balaban J connectivity index is 2.08. The van der Waals surface area contributed by atoms with E-state index in [1.165, 1.54) is 0 Å². The lowest BCUT2D eigenvalue weighted by Gasteiger charge is -2.08.